The molecule has 3 aromatic rings. The number of carbonyl (C=O) groups excluding carboxylic acids is 1. The molecule has 4 heteroatoms. The molecule has 0 aliphatic heterocycles. The lowest BCUT2D eigenvalue weighted by molar-refractivity contribution is 0.0916. The second-order valence-corrected chi connectivity index (χ2v) is 9.53. The number of nitrogens with zero attached hydrogens (tertiary/aromatic N) is 1. The molecule has 30 heavy (non-hydrogen) atoms. The highest BCUT2D eigenvalue weighted by atomic mass is 35.5. The van der Waals surface area contributed by atoms with Gasteiger partial charge in [-0.05, 0) is 74.6 Å². The second kappa shape index (κ2) is 7.70. The number of fused-ring (bicyclic) bond motifs is 3. The van der Waals surface area contributed by atoms with Crippen LogP contribution in [-0.4, -0.2) is 16.9 Å². The van der Waals surface area contributed by atoms with Gasteiger partial charge in [-0.15, -0.1) is 0 Å². The van der Waals surface area contributed by atoms with Crippen LogP contribution < -0.4 is 5.32 Å². The van der Waals surface area contributed by atoms with E-state index < -0.39 is 0 Å². The van der Waals surface area contributed by atoms with E-state index in [0.29, 0.717) is 10.9 Å². The second-order valence-electron chi connectivity index (χ2n) is 9.09. The molecule has 2 bridgehead atoms. The summed E-state index contributed by atoms with van der Waals surface area (Å²) in [5.41, 5.74) is 4.20. The van der Waals surface area contributed by atoms with Gasteiger partial charge in [0.2, 0.25) is 0 Å². The summed E-state index contributed by atoms with van der Waals surface area (Å²) in [6.45, 7) is 4.17. The molecule has 0 saturated heterocycles. The monoisotopic (exact) mass is 418 g/mol. The molecule has 2 fully saturated rings. The van der Waals surface area contributed by atoms with Crippen molar-refractivity contribution in [2.24, 2.45) is 17.8 Å². The van der Waals surface area contributed by atoms with Crippen molar-refractivity contribution in [2.45, 2.75) is 45.6 Å². The fourth-order valence-electron chi connectivity index (χ4n) is 5.81. The first-order valence-electron chi connectivity index (χ1n) is 11.0. The maximum absolute atomic E-state index is 13.5. The zero-order valence-electron chi connectivity index (χ0n) is 17.5. The minimum Gasteiger partial charge on any atom is -0.349 e. The smallest absolute Gasteiger partial charge is 0.252 e. The molecule has 0 spiro atoms. The van der Waals surface area contributed by atoms with Crippen LogP contribution >= 0.6 is 11.6 Å². The van der Waals surface area contributed by atoms with Crippen LogP contribution in [0.3, 0.4) is 0 Å². The van der Waals surface area contributed by atoms with Gasteiger partial charge in [0.05, 0.1) is 16.8 Å². The number of halogens is 1. The summed E-state index contributed by atoms with van der Waals surface area (Å²) in [6, 6.07) is 15.8. The SMILES string of the molecule is Cc1c(-c2cccc(Cl)c2)nc2ccccc2c1C(=O)N[C@H](C)[C@H]1C[C@@H]2CC[C@@H]1C2. The van der Waals surface area contributed by atoms with Gasteiger partial charge in [0.25, 0.3) is 5.91 Å². The van der Waals surface area contributed by atoms with E-state index in [2.05, 4.69) is 12.2 Å². The zero-order valence-corrected chi connectivity index (χ0v) is 18.2. The molecule has 2 aliphatic rings. The molecule has 0 unspecified atom stereocenters. The molecule has 2 aromatic carbocycles. The van der Waals surface area contributed by atoms with Crippen molar-refractivity contribution in [1.29, 1.82) is 0 Å². The van der Waals surface area contributed by atoms with Gasteiger partial charge in [-0.1, -0.05) is 48.4 Å². The molecule has 1 heterocycles. The summed E-state index contributed by atoms with van der Waals surface area (Å²) in [5, 5.41) is 4.92. The van der Waals surface area contributed by atoms with E-state index in [-0.39, 0.29) is 11.9 Å². The molecule has 1 N–H and O–H groups in total. The van der Waals surface area contributed by atoms with E-state index in [1.165, 1.54) is 25.7 Å². The Hall–Kier alpha value is -2.39. The summed E-state index contributed by atoms with van der Waals surface area (Å²) in [5.74, 6) is 2.26. The Balaban J connectivity index is 1.54. The highest BCUT2D eigenvalue weighted by molar-refractivity contribution is 6.30. The third kappa shape index (κ3) is 3.39. The zero-order chi connectivity index (χ0) is 20.8. The number of para-hydroxylation sites is 1. The summed E-state index contributed by atoms with van der Waals surface area (Å²) in [4.78, 5) is 18.4. The van der Waals surface area contributed by atoms with E-state index in [9.17, 15) is 4.79 Å². The summed E-state index contributed by atoms with van der Waals surface area (Å²) in [7, 11) is 0. The molecule has 0 radical (unpaired) electrons. The Morgan fingerprint density at radius 3 is 2.70 bits per heavy atom. The fourth-order valence-corrected chi connectivity index (χ4v) is 6.00. The van der Waals surface area contributed by atoms with Gasteiger partial charge in [0.15, 0.2) is 0 Å². The van der Waals surface area contributed by atoms with Crippen LogP contribution in [0.5, 0.6) is 0 Å². The Morgan fingerprint density at radius 2 is 1.97 bits per heavy atom. The molecule has 2 aliphatic carbocycles. The van der Waals surface area contributed by atoms with Crippen molar-refractivity contribution in [3.05, 3.63) is 64.7 Å². The van der Waals surface area contributed by atoms with Crippen molar-refractivity contribution >= 4 is 28.4 Å². The lowest BCUT2D eigenvalue weighted by atomic mass is 9.84. The van der Waals surface area contributed by atoms with Gasteiger partial charge in [0.1, 0.15) is 0 Å². The van der Waals surface area contributed by atoms with Crippen molar-refractivity contribution in [1.82, 2.24) is 10.3 Å². The van der Waals surface area contributed by atoms with Crippen molar-refractivity contribution in [3.63, 3.8) is 0 Å². The maximum Gasteiger partial charge on any atom is 0.252 e. The third-order valence-corrected chi connectivity index (χ3v) is 7.49. The third-order valence-electron chi connectivity index (χ3n) is 7.25. The first-order valence-corrected chi connectivity index (χ1v) is 11.3. The predicted octanol–water partition coefficient (Wildman–Crippen LogP) is 6.42. The van der Waals surface area contributed by atoms with Crippen molar-refractivity contribution < 1.29 is 4.79 Å². The number of amides is 1. The van der Waals surface area contributed by atoms with Gasteiger partial charge < -0.3 is 5.32 Å². The molecule has 3 nitrogen and oxygen atoms in total. The fraction of sp³-hybridized carbons (Fsp3) is 0.385. The summed E-state index contributed by atoms with van der Waals surface area (Å²) < 4.78 is 0. The van der Waals surface area contributed by atoms with Crippen LogP contribution in [0.4, 0.5) is 0 Å². The topological polar surface area (TPSA) is 42.0 Å². The van der Waals surface area contributed by atoms with Crippen LogP contribution in [0.1, 0.15) is 48.5 Å². The number of rotatable bonds is 4. The standard InChI is InChI=1S/C26H27ClN2O/c1-15-24(26(30)28-16(2)22-13-17-10-11-18(22)12-17)21-8-3-4-9-23(21)29-25(15)19-6-5-7-20(27)14-19/h3-9,14,16-18,22H,10-13H2,1-2H3,(H,28,30)/t16-,17-,18-,22-/m1/s1. The Bertz CT molecular complexity index is 1130. The number of carbonyl (C=O) groups is 1. The Labute approximate surface area is 182 Å². The summed E-state index contributed by atoms with van der Waals surface area (Å²) >= 11 is 6.23. The number of benzene rings is 2. The minimum absolute atomic E-state index is 0.00431. The summed E-state index contributed by atoms with van der Waals surface area (Å²) in [6.07, 6.45) is 5.31. The normalized spacial score (nSPS) is 23.6. The number of aromatic nitrogens is 1. The lowest BCUT2D eigenvalue weighted by Gasteiger charge is -2.29. The van der Waals surface area contributed by atoms with Gasteiger partial charge >= 0.3 is 0 Å². The molecule has 2 saturated carbocycles. The largest absolute Gasteiger partial charge is 0.349 e. The van der Waals surface area contributed by atoms with Gasteiger partial charge in [-0.25, -0.2) is 4.98 Å². The lowest BCUT2D eigenvalue weighted by Crippen LogP contribution is -2.40. The van der Waals surface area contributed by atoms with Gasteiger partial charge in [-0.3, -0.25) is 4.79 Å². The maximum atomic E-state index is 13.5. The number of nitrogens with one attached hydrogen (secondary N) is 1. The first kappa shape index (κ1) is 19.6. The number of hydrogen-bond acceptors (Lipinski definition) is 2. The highest BCUT2D eigenvalue weighted by Crippen LogP contribution is 2.49. The van der Waals surface area contributed by atoms with E-state index in [1.807, 2.05) is 55.5 Å². The molecular formula is C26H27ClN2O. The van der Waals surface area contributed by atoms with Crippen molar-refractivity contribution in [2.75, 3.05) is 0 Å². The van der Waals surface area contributed by atoms with Gasteiger partial charge in [-0.2, -0.15) is 0 Å². The molecule has 4 atom stereocenters. The highest BCUT2D eigenvalue weighted by Gasteiger charge is 2.42. The molecule has 1 aromatic heterocycles. The minimum atomic E-state index is 0.00431. The average Bonchev–Trinajstić information content (AvgIpc) is 3.37. The Morgan fingerprint density at radius 1 is 1.13 bits per heavy atom. The van der Waals surface area contributed by atoms with E-state index in [1.54, 1.807) is 0 Å². The van der Waals surface area contributed by atoms with Crippen LogP contribution in [0.2, 0.25) is 5.02 Å². The van der Waals surface area contributed by atoms with Crippen molar-refractivity contribution in [3.8, 4) is 11.3 Å². The number of pyridine rings is 1. The first-order chi connectivity index (χ1) is 14.5. The molecular weight excluding hydrogens is 392 g/mol. The molecule has 1 amide bonds. The Kier molecular flexibility index (Phi) is 5.02. The van der Waals surface area contributed by atoms with E-state index >= 15 is 0 Å². The van der Waals surface area contributed by atoms with Crippen LogP contribution in [0, 0.1) is 24.7 Å². The van der Waals surface area contributed by atoms with Crippen LogP contribution in [-0.2, 0) is 0 Å². The van der Waals surface area contributed by atoms with Crippen LogP contribution in [0.25, 0.3) is 22.2 Å². The predicted molar refractivity (Wildman–Crippen MR) is 123 cm³/mol. The average molecular weight is 419 g/mol. The van der Waals surface area contributed by atoms with E-state index in [4.69, 9.17) is 16.6 Å². The van der Waals surface area contributed by atoms with Gasteiger partial charge in [0, 0.05) is 22.0 Å². The number of hydrogen-bond donors (Lipinski definition) is 1. The molecule has 5 rings (SSSR count). The quantitative estimate of drug-likeness (QED) is 0.531. The molecule has 154 valence electrons. The van der Waals surface area contributed by atoms with E-state index in [0.717, 1.165) is 45.1 Å². The van der Waals surface area contributed by atoms with Crippen LogP contribution in [0.15, 0.2) is 48.5 Å².